The third-order valence-corrected chi connectivity index (χ3v) is 8.06. The third-order valence-electron chi connectivity index (χ3n) is 6.29. The molecule has 1 fully saturated rings. The highest BCUT2D eigenvalue weighted by Gasteiger charge is 2.49. The molecule has 2 aromatic carbocycles. The van der Waals surface area contributed by atoms with E-state index in [1.54, 1.807) is 35.9 Å². The molecule has 0 bridgehead atoms. The molecule has 0 radical (unpaired) electrons. The lowest BCUT2D eigenvalue weighted by Crippen LogP contribution is -2.42. The first-order chi connectivity index (χ1) is 15.9. The molecule has 2 aliphatic heterocycles. The summed E-state index contributed by atoms with van der Waals surface area (Å²) in [6.45, 7) is 0.226. The van der Waals surface area contributed by atoms with Crippen molar-refractivity contribution in [3.8, 4) is 11.8 Å². The zero-order valence-corrected chi connectivity index (χ0v) is 18.8. The molecular formula is C24H23FN4O3S. The predicted octanol–water partition coefficient (Wildman–Crippen LogP) is 2.50. The molecule has 33 heavy (non-hydrogen) atoms. The Labute approximate surface area is 191 Å². The highest BCUT2D eigenvalue weighted by Crippen LogP contribution is 2.48. The number of aryl methyl sites for hydroxylation is 1. The number of fused-ring (bicyclic) bond motifs is 3. The van der Waals surface area contributed by atoms with Gasteiger partial charge in [-0.3, -0.25) is 0 Å². The third kappa shape index (κ3) is 3.80. The van der Waals surface area contributed by atoms with E-state index < -0.39 is 16.1 Å². The normalized spacial score (nSPS) is 22.1. The molecule has 0 aliphatic carbocycles. The molecule has 3 aromatic rings. The van der Waals surface area contributed by atoms with Gasteiger partial charge in [-0.15, -0.1) is 0 Å². The second kappa shape index (κ2) is 8.30. The van der Waals surface area contributed by atoms with Crippen molar-refractivity contribution in [1.29, 1.82) is 0 Å². The van der Waals surface area contributed by atoms with Crippen molar-refractivity contribution in [3.05, 3.63) is 77.5 Å². The van der Waals surface area contributed by atoms with Gasteiger partial charge in [0, 0.05) is 37.0 Å². The van der Waals surface area contributed by atoms with Crippen molar-refractivity contribution in [2.24, 2.45) is 13.0 Å². The molecular weight excluding hydrogens is 443 g/mol. The van der Waals surface area contributed by atoms with Gasteiger partial charge in [-0.05, 0) is 42.3 Å². The number of nitrogens with one attached hydrogen (secondary N) is 1. The van der Waals surface area contributed by atoms with Gasteiger partial charge in [-0.1, -0.05) is 24.0 Å². The summed E-state index contributed by atoms with van der Waals surface area (Å²) in [5.41, 5.74) is 2.51. The summed E-state index contributed by atoms with van der Waals surface area (Å²) < 4.78 is 43.9. The Bertz CT molecular complexity index is 1380. The number of hydrogen-bond acceptors (Lipinski definition) is 5. The van der Waals surface area contributed by atoms with Gasteiger partial charge in [-0.25, -0.2) is 17.8 Å². The predicted molar refractivity (Wildman–Crippen MR) is 121 cm³/mol. The van der Waals surface area contributed by atoms with E-state index in [2.05, 4.69) is 22.1 Å². The van der Waals surface area contributed by atoms with E-state index in [0.717, 1.165) is 11.3 Å². The summed E-state index contributed by atoms with van der Waals surface area (Å²) in [6, 6.07) is 11.1. The number of halogens is 1. The first-order valence-corrected chi connectivity index (χ1v) is 12.1. The zero-order chi connectivity index (χ0) is 23.2. The minimum absolute atomic E-state index is 0.00165. The Balaban J connectivity index is 1.57. The van der Waals surface area contributed by atoms with Gasteiger partial charge < -0.3 is 15.0 Å². The van der Waals surface area contributed by atoms with Crippen LogP contribution in [0.5, 0.6) is 0 Å². The fourth-order valence-electron chi connectivity index (χ4n) is 4.71. The van der Waals surface area contributed by atoms with Crippen LogP contribution in [-0.2, 0) is 17.1 Å². The van der Waals surface area contributed by atoms with Gasteiger partial charge in [0.25, 0.3) is 10.0 Å². The van der Waals surface area contributed by atoms with E-state index in [4.69, 9.17) is 0 Å². The number of anilines is 1. The molecule has 3 atom stereocenters. The summed E-state index contributed by atoms with van der Waals surface area (Å²) >= 11 is 0. The fraction of sp³-hybridized carbons (Fsp3) is 0.292. The standard InChI is InChI=1S/C24H23FN4O3S/c1-28-13-23(26-15-28)33(31,32)29-11-10-18-22(14-30)27-21-9-7-16(12-19(21)24(18)29)6-8-17-4-2-3-5-20(17)25/h2-5,7,9,12-13,15,18,22,24,27,30H,10-11,14H2,1H3/t18-,22-,24-/m1/s1. The highest BCUT2D eigenvalue weighted by atomic mass is 32.2. The summed E-state index contributed by atoms with van der Waals surface area (Å²) in [5, 5.41) is 13.3. The number of nitrogens with zero attached hydrogens (tertiary/aromatic N) is 3. The zero-order valence-electron chi connectivity index (χ0n) is 17.9. The quantitative estimate of drug-likeness (QED) is 0.580. The average Bonchev–Trinajstić information content (AvgIpc) is 3.46. The van der Waals surface area contributed by atoms with Crippen molar-refractivity contribution in [2.45, 2.75) is 23.5 Å². The minimum atomic E-state index is -3.83. The summed E-state index contributed by atoms with van der Waals surface area (Å²) in [6.07, 6.45) is 3.56. The summed E-state index contributed by atoms with van der Waals surface area (Å²) in [5.74, 6) is 5.36. The lowest BCUT2D eigenvalue weighted by atomic mass is 9.83. The van der Waals surface area contributed by atoms with Crippen molar-refractivity contribution in [1.82, 2.24) is 13.9 Å². The lowest BCUT2D eigenvalue weighted by molar-refractivity contribution is 0.210. The number of sulfonamides is 1. The number of aliphatic hydroxyl groups excluding tert-OH is 1. The first-order valence-electron chi connectivity index (χ1n) is 10.7. The maximum absolute atomic E-state index is 14.0. The van der Waals surface area contributed by atoms with Gasteiger partial charge in [0.05, 0.1) is 30.6 Å². The number of rotatable bonds is 3. The van der Waals surface area contributed by atoms with Crippen LogP contribution in [0.3, 0.4) is 0 Å². The number of benzene rings is 2. The van der Waals surface area contributed by atoms with Crippen LogP contribution in [-0.4, -0.2) is 46.6 Å². The van der Waals surface area contributed by atoms with Crippen molar-refractivity contribution in [2.75, 3.05) is 18.5 Å². The van der Waals surface area contributed by atoms with Crippen LogP contribution < -0.4 is 5.32 Å². The minimum Gasteiger partial charge on any atom is -0.394 e. The van der Waals surface area contributed by atoms with E-state index >= 15 is 0 Å². The van der Waals surface area contributed by atoms with Gasteiger partial charge >= 0.3 is 0 Å². The van der Waals surface area contributed by atoms with Crippen molar-refractivity contribution >= 4 is 15.7 Å². The second-order valence-electron chi connectivity index (χ2n) is 8.36. The Morgan fingerprint density at radius 2 is 2.06 bits per heavy atom. The first kappa shape index (κ1) is 21.6. The molecule has 0 saturated carbocycles. The molecule has 5 rings (SSSR count). The van der Waals surface area contributed by atoms with Crippen LogP contribution in [0.2, 0.25) is 0 Å². The van der Waals surface area contributed by atoms with Gasteiger partial charge in [0.1, 0.15) is 5.82 Å². The average molecular weight is 467 g/mol. The Kier molecular flexibility index (Phi) is 5.44. The highest BCUT2D eigenvalue weighted by molar-refractivity contribution is 7.89. The molecule has 7 nitrogen and oxygen atoms in total. The summed E-state index contributed by atoms with van der Waals surface area (Å²) in [7, 11) is -2.11. The molecule has 0 unspecified atom stereocenters. The molecule has 2 aliphatic rings. The molecule has 1 saturated heterocycles. The number of hydrogen-bond donors (Lipinski definition) is 2. The summed E-state index contributed by atoms with van der Waals surface area (Å²) in [4.78, 5) is 4.06. The molecule has 3 heterocycles. The van der Waals surface area contributed by atoms with Gasteiger partial charge in [-0.2, -0.15) is 4.31 Å². The molecule has 2 N–H and O–H groups in total. The molecule has 170 valence electrons. The molecule has 0 spiro atoms. The maximum Gasteiger partial charge on any atom is 0.262 e. The van der Waals surface area contributed by atoms with Gasteiger partial charge in [0.15, 0.2) is 5.03 Å². The number of imidazole rings is 1. The topological polar surface area (TPSA) is 87.5 Å². The molecule has 9 heteroatoms. The Morgan fingerprint density at radius 3 is 2.79 bits per heavy atom. The van der Waals surface area contributed by atoms with Crippen LogP contribution in [0.1, 0.15) is 29.2 Å². The van der Waals surface area contributed by atoms with Crippen LogP contribution in [0.15, 0.2) is 60.0 Å². The van der Waals surface area contributed by atoms with Crippen LogP contribution >= 0.6 is 0 Å². The van der Waals surface area contributed by atoms with E-state index in [-0.39, 0.29) is 29.4 Å². The van der Waals surface area contributed by atoms with E-state index in [1.165, 1.54) is 22.9 Å². The van der Waals surface area contributed by atoms with E-state index in [9.17, 15) is 17.9 Å². The molecule has 1 aromatic heterocycles. The number of aromatic nitrogens is 2. The SMILES string of the molecule is Cn1cnc(S(=O)(=O)N2CC[C@@H]3[C@@H](CO)Nc4ccc(C#Cc5ccccc5F)cc4[C@@H]32)c1. The van der Waals surface area contributed by atoms with E-state index in [1.807, 2.05) is 12.1 Å². The van der Waals surface area contributed by atoms with E-state index in [0.29, 0.717) is 24.1 Å². The fourth-order valence-corrected chi connectivity index (χ4v) is 6.35. The number of aliphatic hydroxyl groups is 1. The largest absolute Gasteiger partial charge is 0.394 e. The Hall–Kier alpha value is -3.19. The van der Waals surface area contributed by atoms with Crippen LogP contribution in [0, 0.1) is 23.6 Å². The Morgan fingerprint density at radius 1 is 1.24 bits per heavy atom. The maximum atomic E-state index is 14.0. The van der Waals surface area contributed by atoms with Gasteiger partial charge in [0.2, 0.25) is 0 Å². The van der Waals surface area contributed by atoms with Crippen molar-refractivity contribution in [3.63, 3.8) is 0 Å². The lowest BCUT2D eigenvalue weighted by Gasteiger charge is -2.38. The van der Waals surface area contributed by atoms with Crippen molar-refractivity contribution < 1.29 is 17.9 Å². The van der Waals surface area contributed by atoms with Crippen LogP contribution in [0.4, 0.5) is 10.1 Å². The monoisotopic (exact) mass is 466 g/mol. The second-order valence-corrected chi connectivity index (χ2v) is 10.2. The smallest absolute Gasteiger partial charge is 0.262 e. The molecule has 0 amide bonds. The van der Waals surface area contributed by atoms with Crippen LogP contribution in [0.25, 0.3) is 0 Å².